The highest BCUT2D eigenvalue weighted by Crippen LogP contribution is 2.10. The van der Waals surface area contributed by atoms with Gasteiger partial charge in [-0.3, -0.25) is 9.59 Å². The maximum atomic E-state index is 13.1. The molecule has 23 heavy (non-hydrogen) atoms. The normalized spacial score (nSPS) is 11.7. The minimum Gasteiger partial charge on any atom is -0.368 e. The Kier molecular flexibility index (Phi) is 6.09. The van der Waals surface area contributed by atoms with Gasteiger partial charge in [-0.2, -0.15) is 0 Å². The van der Waals surface area contributed by atoms with Crippen molar-refractivity contribution in [2.24, 2.45) is 5.73 Å². The molecule has 2 aromatic carbocycles. The molecule has 2 aromatic rings. The summed E-state index contributed by atoms with van der Waals surface area (Å²) in [4.78, 5) is 23.6. The van der Waals surface area contributed by atoms with Crippen molar-refractivity contribution in [1.29, 1.82) is 0 Å². The maximum Gasteiger partial charge on any atom is 0.240 e. The molecule has 2 amide bonds. The molecule has 3 N–H and O–H groups in total. The van der Waals surface area contributed by atoms with Gasteiger partial charge < -0.3 is 11.1 Å². The number of nitrogens with two attached hydrogens (primary N) is 1. The van der Waals surface area contributed by atoms with Crippen LogP contribution in [0.3, 0.4) is 0 Å². The van der Waals surface area contributed by atoms with Crippen molar-refractivity contribution in [3.63, 3.8) is 0 Å². The summed E-state index contributed by atoms with van der Waals surface area (Å²) in [7, 11) is 0. The third-order valence-electron chi connectivity index (χ3n) is 3.26. The second-order valence-electron chi connectivity index (χ2n) is 5.16. The number of primary amides is 1. The van der Waals surface area contributed by atoms with Gasteiger partial charge in [0.25, 0.3) is 0 Å². The Morgan fingerprint density at radius 3 is 2.48 bits per heavy atom. The standard InChI is InChI=1S/C17H16FIN2O2/c18-13-5-1-3-11(7-13)10-16(22)21-15(17(20)23)9-12-4-2-6-14(19)8-12/h1-8,15H,9-10H2,(H2,20,23)(H,21,22)/t15-/m1/s1. The molecule has 0 heterocycles. The van der Waals surface area contributed by atoms with E-state index in [4.69, 9.17) is 5.73 Å². The molecule has 120 valence electrons. The zero-order valence-corrected chi connectivity index (χ0v) is 14.4. The predicted molar refractivity (Wildman–Crippen MR) is 94.1 cm³/mol. The highest BCUT2D eigenvalue weighted by molar-refractivity contribution is 14.1. The topological polar surface area (TPSA) is 72.2 Å². The first-order valence-electron chi connectivity index (χ1n) is 7.01. The molecule has 0 saturated heterocycles. The van der Waals surface area contributed by atoms with Gasteiger partial charge in [-0.05, 0) is 58.0 Å². The van der Waals surface area contributed by atoms with Crippen LogP contribution in [0.2, 0.25) is 0 Å². The molecular formula is C17H16FIN2O2. The van der Waals surface area contributed by atoms with Crippen LogP contribution in [0.5, 0.6) is 0 Å². The van der Waals surface area contributed by atoms with E-state index in [2.05, 4.69) is 27.9 Å². The van der Waals surface area contributed by atoms with E-state index in [1.165, 1.54) is 18.2 Å². The molecule has 0 aliphatic heterocycles. The molecule has 0 aromatic heterocycles. The van der Waals surface area contributed by atoms with Crippen molar-refractivity contribution in [3.8, 4) is 0 Å². The highest BCUT2D eigenvalue weighted by atomic mass is 127. The summed E-state index contributed by atoms with van der Waals surface area (Å²) in [6.07, 6.45) is 0.314. The zero-order chi connectivity index (χ0) is 16.8. The number of halogens is 2. The fourth-order valence-electron chi connectivity index (χ4n) is 2.20. The lowest BCUT2D eigenvalue weighted by Gasteiger charge is -2.16. The fraction of sp³-hybridized carbons (Fsp3) is 0.176. The van der Waals surface area contributed by atoms with Gasteiger partial charge in [0.2, 0.25) is 11.8 Å². The van der Waals surface area contributed by atoms with Crippen molar-refractivity contribution < 1.29 is 14.0 Å². The van der Waals surface area contributed by atoms with Crippen molar-refractivity contribution >= 4 is 34.4 Å². The third-order valence-corrected chi connectivity index (χ3v) is 3.93. The summed E-state index contributed by atoms with van der Waals surface area (Å²) in [5, 5.41) is 2.61. The molecule has 0 aliphatic rings. The molecule has 0 spiro atoms. The molecule has 0 fully saturated rings. The quantitative estimate of drug-likeness (QED) is 0.696. The first kappa shape index (κ1) is 17.4. The molecule has 2 rings (SSSR count). The number of amides is 2. The fourth-order valence-corrected chi connectivity index (χ4v) is 2.81. The average Bonchev–Trinajstić information content (AvgIpc) is 2.46. The summed E-state index contributed by atoms with van der Waals surface area (Å²) in [6.45, 7) is 0. The molecule has 0 aliphatic carbocycles. The van der Waals surface area contributed by atoms with E-state index in [1.54, 1.807) is 6.07 Å². The van der Waals surface area contributed by atoms with E-state index in [0.29, 0.717) is 12.0 Å². The number of hydrogen-bond donors (Lipinski definition) is 2. The molecule has 1 atom stereocenters. The SMILES string of the molecule is NC(=O)[C@@H](Cc1cccc(I)c1)NC(=O)Cc1cccc(F)c1. The van der Waals surface area contributed by atoms with Crippen LogP contribution in [0.4, 0.5) is 4.39 Å². The Bertz CT molecular complexity index is 721. The lowest BCUT2D eigenvalue weighted by Crippen LogP contribution is -2.46. The number of carbonyl (C=O) groups excluding carboxylic acids is 2. The first-order valence-corrected chi connectivity index (χ1v) is 8.09. The molecular weight excluding hydrogens is 410 g/mol. The van der Waals surface area contributed by atoms with Gasteiger partial charge >= 0.3 is 0 Å². The second-order valence-corrected chi connectivity index (χ2v) is 6.41. The van der Waals surface area contributed by atoms with Crippen LogP contribution in [0.25, 0.3) is 0 Å². The lowest BCUT2D eigenvalue weighted by atomic mass is 10.0. The number of carbonyl (C=O) groups is 2. The summed E-state index contributed by atoms with van der Waals surface area (Å²) in [5.74, 6) is -1.37. The van der Waals surface area contributed by atoms with Gasteiger partial charge in [-0.15, -0.1) is 0 Å². The Labute approximate surface area is 147 Å². The third kappa shape index (κ3) is 5.63. The van der Waals surface area contributed by atoms with E-state index in [9.17, 15) is 14.0 Å². The minimum atomic E-state index is -0.797. The first-order chi connectivity index (χ1) is 10.9. The van der Waals surface area contributed by atoms with Crippen LogP contribution in [-0.4, -0.2) is 17.9 Å². The minimum absolute atomic E-state index is 0.00609. The Hall–Kier alpha value is -1.96. The molecule has 0 radical (unpaired) electrons. The monoisotopic (exact) mass is 426 g/mol. The molecule has 0 saturated carbocycles. The Morgan fingerprint density at radius 1 is 1.13 bits per heavy atom. The van der Waals surface area contributed by atoms with Crippen molar-refractivity contribution in [2.45, 2.75) is 18.9 Å². The number of hydrogen-bond acceptors (Lipinski definition) is 2. The Balaban J connectivity index is 2.01. The van der Waals surface area contributed by atoms with Gasteiger partial charge in [-0.1, -0.05) is 24.3 Å². The van der Waals surface area contributed by atoms with Crippen LogP contribution in [0.1, 0.15) is 11.1 Å². The van der Waals surface area contributed by atoms with Crippen LogP contribution >= 0.6 is 22.6 Å². The summed E-state index contributed by atoms with van der Waals surface area (Å²) in [6, 6.07) is 12.6. The van der Waals surface area contributed by atoms with E-state index >= 15 is 0 Å². The van der Waals surface area contributed by atoms with E-state index in [-0.39, 0.29) is 12.3 Å². The van der Waals surface area contributed by atoms with Crippen molar-refractivity contribution in [3.05, 3.63) is 69.0 Å². The number of benzene rings is 2. The van der Waals surface area contributed by atoms with Crippen molar-refractivity contribution in [1.82, 2.24) is 5.32 Å². The van der Waals surface area contributed by atoms with E-state index < -0.39 is 17.8 Å². The highest BCUT2D eigenvalue weighted by Gasteiger charge is 2.19. The van der Waals surface area contributed by atoms with Gasteiger partial charge in [0.1, 0.15) is 11.9 Å². The Morgan fingerprint density at radius 2 is 1.83 bits per heavy atom. The van der Waals surface area contributed by atoms with Crippen LogP contribution in [-0.2, 0) is 22.4 Å². The summed E-state index contributed by atoms with van der Waals surface area (Å²) in [5.41, 5.74) is 6.82. The van der Waals surface area contributed by atoms with E-state index in [1.807, 2.05) is 24.3 Å². The maximum absolute atomic E-state index is 13.1. The number of rotatable bonds is 6. The number of nitrogens with one attached hydrogen (secondary N) is 1. The van der Waals surface area contributed by atoms with Crippen LogP contribution < -0.4 is 11.1 Å². The van der Waals surface area contributed by atoms with Crippen LogP contribution in [0.15, 0.2) is 48.5 Å². The molecule has 6 heteroatoms. The van der Waals surface area contributed by atoms with Gasteiger partial charge in [0, 0.05) is 9.99 Å². The second kappa shape index (κ2) is 8.05. The van der Waals surface area contributed by atoms with Gasteiger partial charge in [-0.25, -0.2) is 4.39 Å². The summed E-state index contributed by atoms with van der Waals surface area (Å²) >= 11 is 2.17. The lowest BCUT2D eigenvalue weighted by molar-refractivity contribution is -0.127. The average molecular weight is 426 g/mol. The largest absolute Gasteiger partial charge is 0.368 e. The van der Waals surface area contributed by atoms with Gasteiger partial charge in [0.05, 0.1) is 6.42 Å². The van der Waals surface area contributed by atoms with E-state index in [0.717, 1.165) is 9.13 Å². The van der Waals surface area contributed by atoms with Crippen LogP contribution in [0, 0.1) is 9.39 Å². The molecule has 4 nitrogen and oxygen atoms in total. The molecule has 0 bridgehead atoms. The molecule has 0 unspecified atom stereocenters. The summed E-state index contributed by atoms with van der Waals surface area (Å²) < 4.78 is 14.2. The zero-order valence-electron chi connectivity index (χ0n) is 12.3. The smallest absolute Gasteiger partial charge is 0.240 e. The van der Waals surface area contributed by atoms with Gasteiger partial charge in [0.15, 0.2) is 0 Å². The predicted octanol–water partition coefficient (Wildman–Crippen LogP) is 2.19. The van der Waals surface area contributed by atoms with Crippen molar-refractivity contribution in [2.75, 3.05) is 0 Å².